The summed E-state index contributed by atoms with van der Waals surface area (Å²) in [6.45, 7) is 6.10. The Morgan fingerprint density at radius 1 is 1.33 bits per heavy atom. The van der Waals surface area contributed by atoms with E-state index in [2.05, 4.69) is 0 Å². The van der Waals surface area contributed by atoms with Crippen molar-refractivity contribution in [3.63, 3.8) is 0 Å². The molecule has 1 heterocycles. The molecule has 0 aliphatic carbocycles. The van der Waals surface area contributed by atoms with Gasteiger partial charge in [0.1, 0.15) is 0 Å². The number of rotatable bonds is 1. The molecule has 0 saturated carbocycles. The van der Waals surface area contributed by atoms with Gasteiger partial charge in [-0.2, -0.15) is 0 Å². The molecule has 0 unspecified atom stereocenters. The number of carbonyl (C=O) groups is 1. The Labute approximate surface area is 115 Å². The number of methoxy groups -OCH3 is 1. The van der Waals surface area contributed by atoms with E-state index in [0.29, 0.717) is 10.9 Å². The summed E-state index contributed by atoms with van der Waals surface area (Å²) in [5.41, 5.74) is 0.964. The number of esters is 1. The number of carbonyl (C=O) groups excluding carboxylic acids is 1. The van der Waals surface area contributed by atoms with Gasteiger partial charge in [0.15, 0.2) is 0 Å². The quantitative estimate of drug-likeness (QED) is 0.575. The van der Waals surface area contributed by atoms with E-state index in [4.69, 9.17) is 7.49 Å². The molecule has 0 amide bonds. The normalized spacial score (nSPS) is 11.8. The molecule has 0 saturated heterocycles. The van der Waals surface area contributed by atoms with Gasteiger partial charge in [-0.15, -0.1) is 0 Å². The Hall–Kier alpha value is -1.05. The number of hydrogen-bond acceptors (Lipinski definition) is 4. The summed E-state index contributed by atoms with van der Waals surface area (Å²) in [7, 11) is 1.34. The fourth-order valence-electron chi connectivity index (χ4n) is 1.69. The molecule has 0 N–H and O–H groups in total. The Bertz CT molecular complexity index is 658. The monoisotopic (exact) mass is 364 g/mol. The number of benzene rings is 1. The van der Waals surface area contributed by atoms with E-state index in [1.165, 1.54) is 7.11 Å². The van der Waals surface area contributed by atoms with Crippen LogP contribution in [0.3, 0.4) is 0 Å². The Morgan fingerprint density at radius 3 is 2.56 bits per heavy atom. The first-order valence-electron chi connectivity index (χ1n) is 5.50. The summed E-state index contributed by atoms with van der Waals surface area (Å²) in [5, 5.41) is 0.533. The van der Waals surface area contributed by atoms with E-state index >= 15 is 0 Å². The third-order valence-corrected chi connectivity index (χ3v) is 5.18. The van der Waals surface area contributed by atoms with Crippen LogP contribution < -0.4 is 5.63 Å². The van der Waals surface area contributed by atoms with Crippen LogP contribution in [0.4, 0.5) is 0 Å². The molecule has 0 bridgehead atoms. The topological polar surface area (TPSA) is 56.5 Å². The van der Waals surface area contributed by atoms with E-state index in [1.54, 1.807) is 0 Å². The van der Waals surface area contributed by atoms with Crippen LogP contribution in [0.25, 0.3) is 8.79 Å². The molecule has 0 aliphatic rings. The fourth-order valence-corrected chi connectivity index (χ4v) is 3.72. The van der Waals surface area contributed by atoms with Crippen molar-refractivity contribution in [3.8, 4) is 0 Å². The summed E-state index contributed by atoms with van der Waals surface area (Å²) in [4.78, 5) is 23.5. The second kappa shape index (κ2) is 4.56. The standard InChI is InChI=1S/C13H14O4Te/c1-13(2,3)7-5-8(11(14)16-4)10-9(6-7)12(15)17-18-10/h5-6H,1-4H3. The second-order valence-corrected chi connectivity index (χ2v) is 7.21. The Balaban J connectivity index is 2.83. The van der Waals surface area contributed by atoms with Gasteiger partial charge < -0.3 is 0 Å². The molecule has 0 aliphatic heterocycles. The van der Waals surface area contributed by atoms with Crippen molar-refractivity contribution in [1.82, 2.24) is 0 Å². The van der Waals surface area contributed by atoms with Gasteiger partial charge in [-0.05, 0) is 0 Å². The summed E-state index contributed by atoms with van der Waals surface area (Å²) in [6.07, 6.45) is 0. The van der Waals surface area contributed by atoms with E-state index in [9.17, 15) is 9.59 Å². The molecule has 2 rings (SSSR count). The third kappa shape index (κ3) is 2.25. The van der Waals surface area contributed by atoms with E-state index < -0.39 is 26.8 Å². The first-order chi connectivity index (χ1) is 8.34. The zero-order chi connectivity index (χ0) is 13.5. The summed E-state index contributed by atoms with van der Waals surface area (Å²) < 4.78 is 10.6. The second-order valence-electron chi connectivity index (χ2n) is 5.10. The molecule has 1 aromatic carbocycles. The molecule has 96 valence electrons. The average Bonchev–Trinajstić information content (AvgIpc) is 2.68. The minimum absolute atomic E-state index is 0.138. The summed E-state index contributed by atoms with van der Waals surface area (Å²) in [6, 6.07) is 3.65. The van der Waals surface area contributed by atoms with Crippen LogP contribution in [0, 0.1) is 0 Å². The summed E-state index contributed by atoms with van der Waals surface area (Å²) in [5.74, 6) is -0.402. The van der Waals surface area contributed by atoms with E-state index in [-0.39, 0.29) is 11.0 Å². The molecule has 2 aromatic rings. The van der Waals surface area contributed by atoms with Crippen molar-refractivity contribution in [3.05, 3.63) is 33.7 Å². The van der Waals surface area contributed by atoms with Crippen LogP contribution in [-0.4, -0.2) is 33.9 Å². The molecule has 0 fully saturated rings. The Morgan fingerprint density at radius 2 is 2.00 bits per heavy atom. The maximum absolute atomic E-state index is 11.8. The predicted molar refractivity (Wildman–Crippen MR) is 69.5 cm³/mol. The van der Waals surface area contributed by atoms with Gasteiger partial charge in [0.2, 0.25) is 0 Å². The molecule has 1 aromatic heterocycles. The molecule has 0 spiro atoms. The average molecular weight is 362 g/mol. The van der Waals surface area contributed by atoms with Gasteiger partial charge in [-0.25, -0.2) is 0 Å². The van der Waals surface area contributed by atoms with Crippen LogP contribution in [-0.2, 0) is 10.2 Å². The molecule has 0 atom stereocenters. The molecule has 0 radical (unpaired) electrons. The maximum atomic E-state index is 11.8. The summed E-state index contributed by atoms with van der Waals surface area (Å²) >= 11 is -1.06. The van der Waals surface area contributed by atoms with Crippen molar-refractivity contribution >= 4 is 35.6 Å². The molecule has 4 nitrogen and oxygen atoms in total. The van der Waals surface area contributed by atoms with Crippen molar-refractivity contribution < 1.29 is 12.3 Å². The molecular weight excluding hydrogens is 348 g/mol. The molecule has 18 heavy (non-hydrogen) atoms. The van der Waals surface area contributed by atoms with E-state index in [1.807, 2.05) is 32.9 Å². The minimum atomic E-state index is -1.06. The van der Waals surface area contributed by atoms with Crippen LogP contribution in [0.2, 0.25) is 0 Å². The number of ether oxygens (including phenoxy) is 1. The van der Waals surface area contributed by atoms with Crippen molar-refractivity contribution in [2.24, 2.45) is 0 Å². The molecule has 5 heteroatoms. The SMILES string of the molecule is COC(=O)c1cc(C(C)(C)C)cc2c(=O)o[te]c12. The zero-order valence-corrected chi connectivity index (χ0v) is 13.0. The molecular formula is C13H14O4Te. The van der Waals surface area contributed by atoms with Gasteiger partial charge in [0.25, 0.3) is 0 Å². The van der Waals surface area contributed by atoms with Gasteiger partial charge in [-0.3, -0.25) is 0 Å². The van der Waals surface area contributed by atoms with Gasteiger partial charge in [-0.1, -0.05) is 0 Å². The predicted octanol–water partition coefficient (Wildman–Crippen LogP) is 1.93. The van der Waals surface area contributed by atoms with Crippen LogP contribution >= 0.6 is 0 Å². The first kappa shape index (κ1) is 13.4. The number of hydrogen-bond donors (Lipinski definition) is 0. The van der Waals surface area contributed by atoms with Gasteiger partial charge in [0, 0.05) is 0 Å². The van der Waals surface area contributed by atoms with Crippen molar-refractivity contribution in [2.45, 2.75) is 26.2 Å². The van der Waals surface area contributed by atoms with E-state index in [0.717, 1.165) is 8.97 Å². The van der Waals surface area contributed by atoms with Crippen LogP contribution in [0.5, 0.6) is 0 Å². The Kier molecular flexibility index (Phi) is 3.39. The van der Waals surface area contributed by atoms with Crippen LogP contribution in [0.15, 0.2) is 19.7 Å². The van der Waals surface area contributed by atoms with Crippen LogP contribution in [0.1, 0.15) is 36.7 Å². The zero-order valence-electron chi connectivity index (χ0n) is 10.7. The number of fused-ring (bicyclic) bond motifs is 1. The van der Waals surface area contributed by atoms with Gasteiger partial charge in [0.05, 0.1) is 0 Å². The van der Waals surface area contributed by atoms with Crippen molar-refractivity contribution in [1.29, 1.82) is 0 Å². The third-order valence-electron chi connectivity index (χ3n) is 2.78. The fraction of sp³-hybridized carbons (Fsp3) is 0.385. The first-order valence-corrected chi connectivity index (χ1v) is 7.62. The van der Waals surface area contributed by atoms with Gasteiger partial charge >= 0.3 is 115 Å². The van der Waals surface area contributed by atoms with Crippen molar-refractivity contribution in [2.75, 3.05) is 7.11 Å².